The number of benzene rings is 1. The third kappa shape index (κ3) is 2.37. The van der Waals surface area contributed by atoms with Crippen molar-refractivity contribution in [1.82, 2.24) is 9.97 Å². The maximum Gasteiger partial charge on any atom is 0.228 e. The first-order valence-electron chi connectivity index (χ1n) is 6.59. The summed E-state index contributed by atoms with van der Waals surface area (Å²) in [5.74, 6) is 1.49. The van der Waals surface area contributed by atoms with E-state index in [1.54, 1.807) is 17.0 Å². The van der Waals surface area contributed by atoms with Crippen LogP contribution < -0.4 is 20.1 Å². The van der Waals surface area contributed by atoms with Crippen molar-refractivity contribution in [1.29, 1.82) is 0 Å². The largest absolute Gasteiger partial charge is 0.493 e. The van der Waals surface area contributed by atoms with E-state index in [1.807, 2.05) is 0 Å². The molecule has 2 heterocycles. The van der Waals surface area contributed by atoms with Crippen LogP contribution >= 0.6 is 0 Å². The fourth-order valence-corrected chi connectivity index (χ4v) is 3.78. The summed E-state index contributed by atoms with van der Waals surface area (Å²) in [5, 5.41) is 0.628. The molecular weight excluding hydrogens is 308 g/mol. The molecule has 2 N–H and O–H groups in total. The number of methoxy groups -OCH3 is 2. The standard InChI is InChI=1S/C13H16N4O4S/c1-20-9-4-3-8-10(11(9)21-2)15-13(16-12(8)14)17-5-6-22(18,19)7-17/h3-4H,5-7H2,1-2H3,(H2,14,15,16). The van der Waals surface area contributed by atoms with Gasteiger partial charge in [-0.05, 0) is 12.1 Å². The number of nitrogen functional groups attached to an aromatic ring is 1. The molecule has 9 heteroatoms. The van der Waals surface area contributed by atoms with Crippen LogP contribution in [0.15, 0.2) is 12.1 Å². The number of fused-ring (bicyclic) bond motifs is 1. The molecule has 0 spiro atoms. The zero-order valence-corrected chi connectivity index (χ0v) is 13.1. The lowest BCUT2D eigenvalue weighted by molar-refractivity contribution is 0.358. The summed E-state index contributed by atoms with van der Waals surface area (Å²) in [6, 6.07) is 3.47. The highest BCUT2D eigenvalue weighted by molar-refractivity contribution is 7.91. The SMILES string of the molecule is COc1ccc2c(N)nc(N3CCS(=O)(=O)C3)nc2c1OC. The van der Waals surface area contributed by atoms with Crippen molar-refractivity contribution in [3.05, 3.63) is 12.1 Å². The van der Waals surface area contributed by atoms with Gasteiger partial charge in [-0.25, -0.2) is 13.4 Å². The number of rotatable bonds is 3. The molecule has 118 valence electrons. The highest BCUT2D eigenvalue weighted by Crippen LogP contribution is 2.36. The lowest BCUT2D eigenvalue weighted by Gasteiger charge is -2.16. The van der Waals surface area contributed by atoms with Gasteiger partial charge < -0.3 is 20.1 Å². The number of anilines is 2. The zero-order chi connectivity index (χ0) is 15.9. The molecule has 0 bridgehead atoms. The van der Waals surface area contributed by atoms with Gasteiger partial charge in [0.05, 0.1) is 20.0 Å². The van der Waals surface area contributed by atoms with Crippen LogP contribution in [0.1, 0.15) is 0 Å². The summed E-state index contributed by atoms with van der Waals surface area (Å²) in [7, 11) is -0.0496. The molecule has 1 saturated heterocycles. The third-order valence-electron chi connectivity index (χ3n) is 3.54. The Balaban J connectivity index is 2.18. The molecule has 0 saturated carbocycles. The molecule has 1 aromatic carbocycles. The van der Waals surface area contributed by atoms with Crippen molar-refractivity contribution in [2.45, 2.75) is 0 Å². The van der Waals surface area contributed by atoms with Gasteiger partial charge in [-0.3, -0.25) is 0 Å². The lowest BCUT2D eigenvalue weighted by atomic mass is 10.2. The van der Waals surface area contributed by atoms with E-state index in [4.69, 9.17) is 15.2 Å². The van der Waals surface area contributed by atoms with Gasteiger partial charge in [0.15, 0.2) is 21.3 Å². The van der Waals surface area contributed by atoms with Crippen LogP contribution in [0.2, 0.25) is 0 Å². The molecule has 0 amide bonds. The van der Waals surface area contributed by atoms with Crippen molar-refractivity contribution < 1.29 is 17.9 Å². The molecule has 3 rings (SSSR count). The van der Waals surface area contributed by atoms with Crippen molar-refractivity contribution in [2.24, 2.45) is 0 Å². The lowest BCUT2D eigenvalue weighted by Crippen LogP contribution is -2.22. The molecule has 0 aliphatic carbocycles. The Bertz CT molecular complexity index is 838. The summed E-state index contributed by atoms with van der Waals surface area (Å²) in [6.07, 6.45) is 0. The van der Waals surface area contributed by atoms with Crippen molar-refractivity contribution in [2.75, 3.05) is 43.0 Å². The van der Waals surface area contributed by atoms with E-state index in [2.05, 4.69) is 9.97 Å². The van der Waals surface area contributed by atoms with E-state index in [0.717, 1.165) is 0 Å². The number of hydrogen-bond acceptors (Lipinski definition) is 8. The highest BCUT2D eigenvalue weighted by Gasteiger charge is 2.28. The van der Waals surface area contributed by atoms with Crippen LogP contribution in [0.3, 0.4) is 0 Å². The number of nitrogens with two attached hydrogens (primary N) is 1. The molecule has 8 nitrogen and oxygen atoms in total. The Morgan fingerprint density at radius 1 is 1.23 bits per heavy atom. The Morgan fingerprint density at radius 2 is 2.00 bits per heavy atom. The average molecular weight is 324 g/mol. The first-order chi connectivity index (χ1) is 10.4. The van der Waals surface area contributed by atoms with Crippen LogP contribution in [0.25, 0.3) is 10.9 Å². The molecule has 0 atom stereocenters. The molecule has 2 aromatic rings. The minimum absolute atomic E-state index is 0.0869. The summed E-state index contributed by atoms with van der Waals surface area (Å²) >= 11 is 0. The van der Waals surface area contributed by atoms with Crippen LogP contribution in [0.5, 0.6) is 11.5 Å². The van der Waals surface area contributed by atoms with Gasteiger partial charge in [0.2, 0.25) is 5.95 Å². The zero-order valence-electron chi connectivity index (χ0n) is 12.2. The average Bonchev–Trinajstić information content (AvgIpc) is 2.86. The first kappa shape index (κ1) is 14.6. The van der Waals surface area contributed by atoms with E-state index in [9.17, 15) is 8.42 Å². The highest BCUT2D eigenvalue weighted by atomic mass is 32.2. The molecule has 0 radical (unpaired) electrons. The predicted octanol–water partition coefficient (Wildman–Crippen LogP) is 0.421. The summed E-state index contributed by atoms with van der Waals surface area (Å²) in [5.41, 5.74) is 6.48. The fourth-order valence-electron chi connectivity index (χ4n) is 2.44. The number of aromatic nitrogens is 2. The fraction of sp³-hybridized carbons (Fsp3) is 0.385. The topological polar surface area (TPSA) is 108 Å². The van der Waals surface area contributed by atoms with Gasteiger partial charge in [0.1, 0.15) is 17.2 Å². The van der Waals surface area contributed by atoms with Gasteiger partial charge in [-0.15, -0.1) is 0 Å². The van der Waals surface area contributed by atoms with Gasteiger partial charge in [-0.1, -0.05) is 0 Å². The second-order valence-electron chi connectivity index (χ2n) is 4.95. The van der Waals surface area contributed by atoms with E-state index < -0.39 is 9.84 Å². The van der Waals surface area contributed by atoms with E-state index in [-0.39, 0.29) is 23.4 Å². The second kappa shape index (κ2) is 5.16. The maximum atomic E-state index is 11.6. The summed E-state index contributed by atoms with van der Waals surface area (Å²) in [4.78, 5) is 10.2. The third-order valence-corrected chi connectivity index (χ3v) is 5.04. The van der Waals surface area contributed by atoms with Gasteiger partial charge in [0.25, 0.3) is 0 Å². The minimum Gasteiger partial charge on any atom is -0.493 e. The Labute approximate surface area is 127 Å². The van der Waals surface area contributed by atoms with Crippen molar-refractivity contribution >= 4 is 32.5 Å². The minimum atomic E-state index is -3.09. The molecule has 1 aromatic heterocycles. The van der Waals surface area contributed by atoms with Crippen LogP contribution in [0.4, 0.5) is 11.8 Å². The van der Waals surface area contributed by atoms with Crippen LogP contribution in [-0.2, 0) is 9.84 Å². The predicted molar refractivity (Wildman–Crippen MR) is 83.1 cm³/mol. The van der Waals surface area contributed by atoms with E-state index >= 15 is 0 Å². The molecule has 0 unspecified atom stereocenters. The van der Waals surface area contributed by atoms with Crippen LogP contribution in [0, 0.1) is 0 Å². The quantitative estimate of drug-likeness (QED) is 0.865. The maximum absolute atomic E-state index is 11.6. The number of nitrogens with zero attached hydrogens (tertiary/aromatic N) is 3. The normalized spacial score (nSPS) is 16.9. The van der Waals surface area contributed by atoms with Crippen LogP contribution in [-0.4, -0.2) is 50.8 Å². The number of ether oxygens (including phenoxy) is 2. The summed E-state index contributed by atoms with van der Waals surface area (Å²) in [6.45, 7) is 0.347. The second-order valence-corrected chi connectivity index (χ2v) is 7.10. The van der Waals surface area contributed by atoms with Crippen molar-refractivity contribution in [3.8, 4) is 11.5 Å². The van der Waals surface area contributed by atoms with Gasteiger partial charge in [-0.2, -0.15) is 4.98 Å². The monoisotopic (exact) mass is 324 g/mol. The Morgan fingerprint density at radius 3 is 2.59 bits per heavy atom. The molecule has 22 heavy (non-hydrogen) atoms. The van der Waals surface area contributed by atoms with Crippen molar-refractivity contribution in [3.63, 3.8) is 0 Å². The number of hydrogen-bond donors (Lipinski definition) is 1. The van der Waals surface area contributed by atoms with E-state index in [1.165, 1.54) is 14.2 Å². The molecule has 1 fully saturated rings. The van der Waals surface area contributed by atoms with Gasteiger partial charge >= 0.3 is 0 Å². The van der Waals surface area contributed by atoms with Gasteiger partial charge in [0, 0.05) is 11.9 Å². The van der Waals surface area contributed by atoms with E-state index in [0.29, 0.717) is 28.9 Å². The first-order valence-corrected chi connectivity index (χ1v) is 8.41. The Kier molecular flexibility index (Phi) is 3.44. The smallest absolute Gasteiger partial charge is 0.228 e. The summed E-state index contributed by atoms with van der Waals surface area (Å²) < 4.78 is 33.8. The Hall–Kier alpha value is -2.29. The molecule has 1 aliphatic heterocycles. The molecular formula is C13H16N4O4S. The molecule has 1 aliphatic rings. The number of sulfone groups is 1.